The quantitative estimate of drug-likeness (QED) is 0.708. The first-order valence-electron chi connectivity index (χ1n) is 4.13. The monoisotopic (exact) mass is 183 g/mol. The molecule has 0 bridgehead atoms. The van der Waals surface area contributed by atoms with E-state index in [1.807, 2.05) is 29.7 Å². The molecule has 3 nitrogen and oxygen atoms in total. The molecule has 1 aromatic rings. The normalized spacial score (nSPS) is 29.5. The van der Waals surface area contributed by atoms with Gasteiger partial charge < -0.3 is 0 Å². The molecule has 2 heterocycles. The van der Waals surface area contributed by atoms with Crippen LogP contribution in [0.1, 0.15) is 18.0 Å². The standard InChI is InChI=1S/C8H13N3S/c1-6-5-12-8(10-6)7-3-4-9-11(7)2/h3-4,6,8,10H,5H2,1-2H3. The van der Waals surface area contributed by atoms with Crippen LogP contribution >= 0.6 is 11.8 Å². The molecule has 0 aliphatic carbocycles. The van der Waals surface area contributed by atoms with Gasteiger partial charge in [-0.3, -0.25) is 10.00 Å². The molecule has 1 aliphatic rings. The topological polar surface area (TPSA) is 29.9 Å². The van der Waals surface area contributed by atoms with Crippen molar-refractivity contribution in [3.05, 3.63) is 18.0 Å². The second-order valence-corrected chi connectivity index (χ2v) is 4.30. The largest absolute Gasteiger partial charge is 0.297 e. The van der Waals surface area contributed by atoms with Crippen LogP contribution in [0.15, 0.2) is 12.3 Å². The van der Waals surface area contributed by atoms with Gasteiger partial charge in [0.25, 0.3) is 0 Å². The number of aromatic nitrogens is 2. The molecule has 0 amide bonds. The SMILES string of the molecule is CC1CSC(c2ccnn2C)N1. The lowest BCUT2D eigenvalue weighted by Gasteiger charge is -2.10. The number of nitrogens with zero attached hydrogens (tertiary/aromatic N) is 2. The Kier molecular flexibility index (Phi) is 2.11. The summed E-state index contributed by atoms with van der Waals surface area (Å²) in [5.41, 5.74) is 1.27. The van der Waals surface area contributed by atoms with Gasteiger partial charge in [-0.15, -0.1) is 11.8 Å². The second kappa shape index (κ2) is 3.11. The zero-order valence-electron chi connectivity index (χ0n) is 7.32. The summed E-state index contributed by atoms with van der Waals surface area (Å²) in [6, 6.07) is 2.69. The van der Waals surface area contributed by atoms with E-state index in [-0.39, 0.29) is 0 Å². The molecule has 2 rings (SSSR count). The van der Waals surface area contributed by atoms with Crippen molar-refractivity contribution in [3.8, 4) is 0 Å². The average Bonchev–Trinajstić information content (AvgIpc) is 2.58. The third-order valence-corrected chi connectivity index (χ3v) is 3.48. The molecule has 1 aromatic heterocycles. The van der Waals surface area contributed by atoms with Gasteiger partial charge in [0.1, 0.15) is 0 Å². The third kappa shape index (κ3) is 1.36. The molecule has 0 saturated carbocycles. The molecular weight excluding hydrogens is 170 g/mol. The van der Waals surface area contributed by atoms with Crippen LogP contribution in [0.5, 0.6) is 0 Å². The predicted molar refractivity (Wildman–Crippen MR) is 51.0 cm³/mol. The molecule has 2 atom stereocenters. The highest BCUT2D eigenvalue weighted by atomic mass is 32.2. The minimum absolute atomic E-state index is 0.437. The first kappa shape index (κ1) is 8.13. The Morgan fingerprint density at radius 3 is 3.08 bits per heavy atom. The molecule has 0 radical (unpaired) electrons. The second-order valence-electron chi connectivity index (χ2n) is 3.16. The Labute approximate surface area is 76.5 Å². The highest BCUT2D eigenvalue weighted by molar-refractivity contribution is 7.99. The van der Waals surface area contributed by atoms with Crippen molar-refractivity contribution < 1.29 is 0 Å². The van der Waals surface area contributed by atoms with Crippen molar-refractivity contribution >= 4 is 11.8 Å². The lowest BCUT2D eigenvalue weighted by molar-refractivity contribution is 0.582. The van der Waals surface area contributed by atoms with Gasteiger partial charge in [0.15, 0.2) is 0 Å². The maximum Gasteiger partial charge on any atom is 0.0961 e. The predicted octanol–water partition coefficient (Wildman–Crippen LogP) is 1.14. The van der Waals surface area contributed by atoms with Crippen LogP contribution < -0.4 is 5.32 Å². The van der Waals surface area contributed by atoms with Crippen LogP contribution in [-0.4, -0.2) is 21.6 Å². The molecule has 1 saturated heterocycles. The summed E-state index contributed by atoms with van der Waals surface area (Å²) < 4.78 is 1.93. The van der Waals surface area contributed by atoms with Gasteiger partial charge in [-0.05, 0) is 13.0 Å². The van der Waals surface area contributed by atoms with E-state index in [0.717, 1.165) is 0 Å². The van der Waals surface area contributed by atoms with Crippen molar-refractivity contribution in [1.82, 2.24) is 15.1 Å². The van der Waals surface area contributed by atoms with Crippen LogP contribution in [0, 0.1) is 0 Å². The Morgan fingerprint density at radius 1 is 1.75 bits per heavy atom. The maximum atomic E-state index is 4.15. The zero-order chi connectivity index (χ0) is 8.55. The molecular formula is C8H13N3S. The number of thioether (sulfide) groups is 1. The highest BCUT2D eigenvalue weighted by Crippen LogP contribution is 2.31. The van der Waals surface area contributed by atoms with Crippen LogP contribution in [0.4, 0.5) is 0 Å². The molecule has 2 unspecified atom stereocenters. The van der Waals surface area contributed by atoms with Gasteiger partial charge in [0.2, 0.25) is 0 Å². The number of aryl methyl sites for hydroxylation is 1. The fourth-order valence-electron chi connectivity index (χ4n) is 1.41. The lowest BCUT2D eigenvalue weighted by atomic mass is 10.3. The van der Waals surface area contributed by atoms with E-state index in [9.17, 15) is 0 Å². The summed E-state index contributed by atoms with van der Waals surface area (Å²) in [6.45, 7) is 2.21. The van der Waals surface area contributed by atoms with E-state index in [0.29, 0.717) is 11.4 Å². The Hall–Kier alpha value is -0.480. The molecule has 0 spiro atoms. The van der Waals surface area contributed by atoms with Crippen molar-refractivity contribution in [2.24, 2.45) is 7.05 Å². The minimum Gasteiger partial charge on any atom is -0.297 e. The molecule has 4 heteroatoms. The van der Waals surface area contributed by atoms with Gasteiger partial charge in [-0.1, -0.05) is 0 Å². The molecule has 12 heavy (non-hydrogen) atoms. The van der Waals surface area contributed by atoms with Gasteiger partial charge in [-0.2, -0.15) is 5.10 Å². The molecule has 1 fully saturated rings. The first-order chi connectivity index (χ1) is 5.77. The van der Waals surface area contributed by atoms with E-state index >= 15 is 0 Å². The highest BCUT2D eigenvalue weighted by Gasteiger charge is 2.23. The van der Waals surface area contributed by atoms with Gasteiger partial charge in [0.05, 0.1) is 11.1 Å². The summed E-state index contributed by atoms with van der Waals surface area (Å²) in [4.78, 5) is 0. The molecule has 0 aromatic carbocycles. The maximum absolute atomic E-state index is 4.15. The van der Waals surface area contributed by atoms with E-state index in [4.69, 9.17) is 0 Å². The van der Waals surface area contributed by atoms with E-state index < -0.39 is 0 Å². The number of hydrogen-bond donors (Lipinski definition) is 1. The smallest absolute Gasteiger partial charge is 0.0961 e. The van der Waals surface area contributed by atoms with E-state index in [1.54, 1.807) is 0 Å². The lowest BCUT2D eigenvalue weighted by Crippen LogP contribution is -2.23. The van der Waals surface area contributed by atoms with E-state index in [2.05, 4.69) is 23.4 Å². The van der Waals surface area contributed by atoms with Crippen molar-refractivity contribution in [2.45, 2.75) is 18.3 Å². The summed E-state index contributed by atoms with van der Waals surface area (Å²) in [6.07, 6.45) is 1.85. The van der Waals surface area contributed by atoms with Crippen LogP contribution in [-0.2, 0) is 7.05 Å². The van der Waals surface area contributed by atoms with Crippen molar-refractivity contribution in [2.75, 3.05) is 5.75 Å². The van der Waals surface area contributed by atoms with Crippen molar-refractivity contribution in [3.63, 3.8) is 0 Å². The van der Waals surface area contributed by atoms with Crippen LogP contribution in [0.25, 0.3) is 0 Å². The van der Waals surface area contributed by atoms with Crippen LogP contribution in [0.2, 0.25) is 0 Å². The molecule has 1 N–H and O–H groups in total. The van der Waals surface area contributed by atoms with Gasteiger partial charge in [0, 0.05) is 25.0 Å². The van der Waals surface area contributed by atoms with Crippen LogP contribution in [0.3, 0.4) is 0 Å². The summed E-state index contributed by atoms with van der Waals surface area (Å²) in [7, 11) is 1.99. The number of nitrogens with one attached hydrogen (secondary N) is 1. The summed E-state index contributed by atoms with van der Waals surface area (Å²) in [5, 5.41) is 8.09. The molecule has 1 aliphatic heterocycles. The number of rotatable bonds is 1. The Bertz CT molecular complexity index is 271. The van der Waals surface area contributed by atoms with Crippen molar-refractivity contribution in [1.29, 1.82) is 0 Å². The van der Waals surface area contributed by atoms with E-state index in [1.165, 1.54) is 11.4 Å². The van der Waals surface area contributed by atoms with Gasteiger partial charge >= 0.3 is 0 Å². The Balaban J connectivity index is 2.16. The van der Waals surface area contributed by atoms with Gasteiger partial charge in [-0.25, -0.2) is 0 Å². The number of hydrogen-bond acceptors (Lipinski definition) is 3. The first-order valence-corrected chi connectivity index (χ1v) is 5.18. The molecule has 66 valence electrons. The fourth-order valence-corrected chi connectivity index (χ4v) is 2.72. The summed E-state index contributed by atoms with van der Waals surface area (Å²) >= 11 is 1.95. The Morgan fingerprint density at radius 2 is 2.58 bits per heavy atom. The minimum atomic E-state index is 0.437. The zero-order valence-corrected chi connectivity index (χ0v) is 8.14. The average molecular weight is 183 g/mol. The third-order valence-electron chi connectivity index (χ3n) is 2.08. The fraction of sp³-hybridized carbons (Fsp3) is 0.625. The summed E-state index contributed by atoms with van der Waals surface area (Å²) in [5.74, 6) is 1.19.